The van der Waals surface area contributed by atoms with E-state index in [1.807, 2.05) is 0 Å². The van der Waals surface area contributed by atoms with Crippen molar-refractivity contribution in [3.05, 3.63) is 60.2 Å². The van der Waals surface area contributed by atoms with Crippen LogP contribution in [-0.4, -0.2) is 55.7 Å². The molecule has 1 fully saturated rings. The van der Waals surface area contributed by atoms with E-state index in [9.17, 15) is 18.0 Å². The molecular formula is C19H20N2O5S. The fraction of sp³-hybridized carbons (Fsp3) is 0.263. The highest BCUT2D eigenvalue weighted by Gasteiger charge is 2.31. The fourth-order valence-corrected chi connectivity index (χ4v) is 4.37. The van der Waals surface area contributed by atoms with Crippen LogP contribution < -0.4 is 4.74 Å². The molecule has 1 aliphatic heterocycles. The summed E-state index contributed by atoms with van der Waals surface area (Å²) < 4.78 is 31.8. The molecule has 3 rings (SSSR count). The first kappa shape index (κ1) is 19.1. The van der Waals surface area contributed by atoms with Gasteiger partial charge in [-0.2, -0.15) is 4.31 Å². The minimum absolute atomic E-state index is 0.203. The molecule has 0 saturated carbocycles. The van der Waals surface area contributed by atoms with Gasteiger partial charge in [0, 0.05) is 33.1 Å². The molecule has 0 radical (unpaired) electrons. The van der Waals surface area contributed by atoms with Gasteiger partial charge in [-0.1, -0.05) is 30.3 Å². The summed E-state index contributed by atoms with van der Waals surface area (Å²) >= 11 is 0. The van der Waals surface area contributed by atoms with Gasteiger partial charge >= 0.3 is 5.97 Å². The lowest BCUT2D eigenvalue weighted by molar-refractivity contribution is -0.131. The molecule has 1 aliphatic rings. The number of carbonyl (C=O) groups excluding carboxylic acids is 2. The monoisotopic (exact) mass is 388 g/mol. The Morgan fingerprint density at radius 1 is 0.889 bits per heavy atom. The van der Waals surface area contributed by atoms with Gasteiger partial charge in [-0.3, -0.25) is 9.59 Å². The molecule has 0 bridgehead atoms. The Balaban J connectivity index is 1.71. The van der Waals surface area contributed by atoms with Crippen molar-refractivity contribution in [1.29, 1.82) is 0 Å². The second-order valence-corrected chi connectivity index (χ2v) is 8.04. The van der Waals surface area contributed by atoms with Gasteiger partial charge in [0.2, 0.25) is 10.0 Å². The number of rotatable bonds is 4. The number of nitrogens with zero attached hydrogens (tertiary/aromatic N) is 2. The van der Waals surface area contributed by atoms with Crippen LogP contribution in [0.25, 0.3) is 0 Å². The third kappa shape index (κ3) is 4.17. The number of esters is 1. The summed E-state index contributed by atoms with van der Waals surface area (Å²) in [6.07, 6.45) is 0. The van der Waals surface area contributed by atoms with Gasteiger partial charge in [-0.25, -0.2) is 8.42 Å². The van der Waals surface area contributed by atoms with Gasteiger partial charge in [0.1, 0.15) is 5.75 Å². The van der Waals surface area contributed by atoms with Crippen LogP contribution in [-0.2, 0) is 14.8 Å². The quantitative estimate of drug-likeness (QED) is 0.589. The molecular weight excluding hydrogens is 368 g/mol. The number of carbonyl (C=O) groups is 2. The Labute approximate surface area is 158 Å². The van der Waals surface area contributed by atoms with Crippen molar-refractivity contribution >= 4 is 21.9 Å². The van der Waals surface area contributed by atoms with Gasteiger partial charge in [-0.05, 0) is 24.3 Å². The molecule has 27 heavy (non-hydrogen) atoms. The lowest BCUT2D eigenvalue weighted by atomic mass is 10.1. The van der Waals surface area contributed by atoms with Crippen LogP contribution in [0.2, 0.25) is 0 Å². The fourth-order valence-electron chi connectivity index (χ4n) is 2.93. The molecule has 0 unspecified atom stereocenters. The number of amides is 1. The molecule has 0 aromatic heterocycles. The number of para-hydroxylation sites is 1. The minimum Gasteiger partial charge on any atom is -0.426 e. The summed E-state index contributed by atoms with van der Waals surface area (Å²) in [4.78, 5) is 25.8. The van der Waals surface area contributed by atoms with E-state index in [1.54, 1.807) is 59.5 Å². The van der Waals surface area contributed by atoms with Crippen LogP contribution in [0.15, 0.2) is 59.5 Å². The maximum atomic E-state index is 12.8. The first-order valence-corrected chi connectivity index (χ1v) is 9.95. The van der Waals surface area contributed by atoms with Gasteiger partial charge in [-0.15, -0.1) is 0 Å². The first-order chi connectivity index (χ1) is 12.9. The zero-order valence-corrected chi connectivity index (χ0v) is 15.7. The van der Waals surface area contributed by atoms with Crippen LogP contribution in [0.5, 0.6) is 5.75 Å². The number of ether oxygens (including phenoxy) is 1. The SMILES string of the molecule is CC(=O)Oc1ccccc1C(=O)N1CCN(S(=O)(=O)c2ccccc2)CC1. The van der Waals surface area contributed by atoms with Crippen molar-refractivity contribution in [2.75, 3.05) is 26.2 Å². The van der Waals surface area contributed by atoms with E-state index >= 15 is 0 Å². The molecule has 1 saturated heterocycles. The molecule has 0 aliphatic carbocycles. The van der Waals surface area contributed by atoms with Crippen molar-refractivity contribution in [1.82, 2.24) is 9.21 Å². The largest absolute Gasteiger partial charge is 0.426 e. The minimum atomic E-state index is -3.57. The Morgan fingerprint density at radius 2 is 1.48 bits per heavy atom. The van der Waals surface area contributed by atoms with Crippen LogP contribution in [0.3, 0.4) is 0 Å². The van der Waals surface area contributed by atoms with E-state index in [4.69, 9.17) is 4.74 Å². The van der Waals surface area contributed by atoms with Crippen LogP contribution in [0, 0.1) is 0 Å². The summed E-state index contributed by atoms with van der Waals surface area (Å²) in [6.45, 7) is 2.21. The maximum Gasteiger partial charge on any atom is 0.308 e. The molecule has 7 nitrogen and oxygen atoms in total. The predicted molar refractivity (Wildman–Crippen MR) is 98.9 cm³/mol. The van der Waals surface area contributed by atoms with Crippen molar-refractivity contribution < 1.29 is 22.7 Å². The molecule has 2 aromatic rings. The normalized spacial score (nSPS) is 15.4. The third-order valence-electron chi connectivity index (χ3n) is 4.28. The lowest BCUT2D eigenvalue weighted by Gasteiger charge is -2.34. The Morgan fingerprint density at radius 3 is 2.11 bits per heavy atom. The van der Waals surface area contributed by atoms with Crippen molar-refractivity contribution in [3.8, 4) is 5.75 Å². The molecule has 8 heteroatoms. The molecule has 0 spiro atoms. The Kier molecular flexibility index (Phi) is 5.57. The van der Waals surface area contributed by atoms with Crippen molar-refractivity contribution in [2.24, 2.45) is 0 Å². The maximum absolute atomic E-state index is 12.8. The molecule has 142 valence electrons. The highest BCUT2D eigenvalue weighted by molar-refractivity contribution is 7.89. The zero-order valence-electron chi connectivity index (χ0n) is 14.9. The first-order valence-electron chi connectivity index (χ1n) is 8.51. The summed E-state index contributed by atoms with van der Waals surface area (Å²) in [5, 5.41) is 0. The van der Waals surface area contributed by atoms with Gasteiger partial charge in [0.25, 0.3) is 5.91 Å². The molecule has 0 atom stereocenters. The summed E-state index contributed by atoms with van der Waals surface area (Å²) in [5.74, 6) is -0.591. The van der Waals surface area contributed by atoms with Gasteiger partial charge in [0.05, 0.1) is 10.5 Å². The van der Waals surface area contributed by atoms with E-state index in [-0.39, 0.29) is 48.3 Å². The molecule has 0 N–H and O–H groups in total. The Hall–Kier alpha value is -2.71. The highest BCUT2D eigenvalue weighted by atomic mass is 32.2. The van der Waals surface area contributed by atoms with E-state index < -0.39 is 16.0 Å². The number of benzene rings is 2. The second kappa shape index (κ2) is 7.89. The third-order valence-corrected chi connectivity index (χ3v) is 6.19. The Bertz CT molecular complexity index is 936. The average Bonchev–Trinajstić information content (AvgIpc) is 2.68. The van der Waals surface area contributed by atoms with Gasteiger partial charge < -0.3 is 9.64 Å². The van der Waals surface area contributed by atoms with E-state index in [2.05, 4.69) is 0 Å². The van der Waals surface area contributed by atoms with E-state index in [0.717, 1.165) is 0 Å². The predicted octanol–water partition coefficient (Wildman–Crippen LogP) is 1.76. The molecule has 1 amide bonds. The molecule has 2 aromatic carbocycles. The zero-order chi connectivity index (χ0) is 19.4. The number of piperazine rings is 1. The molecule has 1 heterocycles. The van der Waals surface area contributed by atoms with Gasteiger partial charge in [0.15, 0.2) is 0 Å². The smallest absolute Gasteiger partial charge is 0.308 e. The average molecular weight is 388 g/mol. The summed E-state index contributed by atoms with van der Waals surface area (Å²) in [5.41, 5.74) is 0.284. The standard InChI is InChI=1S/C19H20N2O5S/c1-15(22)26-18-10-6-5-9-17(18)19(23)20-11-13-21(14-12-20)27(24,25)16-7-3-2-4-8-16/h2-10H,11-14H2,1H3. The number of hydrogen-bond donors (Lipinski definition) is 0. The number of sulfonamides is 1. The topological polar surface area (TPSA) is 84.0 Å². The van der Waals surface area contributed by atoms with Crippen LogP contribution in [0.1, 0.15) is 17.3 Å². The van der Waals surface area contributed by atoms with Crippen molar-refractivity contribution in [2.45, 2.75) is 11.8 Å². The van der Waals surface area contributed by atoms with Crippen LogP contribution in [0.4, 0.5) is 0 Å². The highest BCUT2D eigenvalue weighted by Crippen LogP contribution is 2.22. The second-order valence-electron chi connectivity index (χ2n) is 6.10. The van der Waals surface area contributed by atoms with E-state index in [0.29, 0.717) is 0 Å². The lowest BCUT2D eigenvalue weighted by Crippen LogP contribution is -2.50. The summed E-state index contributed by atoms with van der Waals surface area (Å²) in [6, 6.07) is 14.8. The van der Waals surface area contributed by atoms with Crippen molar-refractivity contribution in [3.63, 3.8) is 0 Å². The van der Waals surface area contributed by atoms with Crippen LogP contribution >= 0.6 is 0 Å². The number of hydrogen-bond acceptors (Lipinski definition) is 5. The summed E-state index contributed by atoms with van der Waals surface area (Å²) in [7, 11) is -3.57. The van der Waals surface area contributed by atoms with E-state index in [1.165, 1.54) is 11.2 Å².